The molecule has 2 heterocycles. The van der Waals surface area contributed by atoms with E-state index in [0.717, 1.165) is 47.8 Å². The van der Waals surface area contributed by atoms with Crippen LogP contribution >= 0.6 is 34.9 Å². The summed E-state index contributed by atoms with van der Waals surface area (Å²) in [6.07, 6.45) is 0.927. The smallest absolute Gasteiger partial charge is 0.236 e. The van der Waals surface area contributed by atoms with Crippen molar-refractivity contribution in [3.8, 4) is 0 Å². The molecule has 1 aromatic heterocycles. The average molecular weight is 419 g/mol. The first-order chi connectivity index (χ1) is 12.5. The zero-order valence-corrected chi connectivity index (χ0v) is 18.1. The summed E-state index contributed by atoms with van der Waals surface area (Å²) in [5.74, 6) is 0.532. The second kappa shape index (κ2) is 11.1. The third-order valence-corrected chi connectivity index (χ3v) is 7.42. The van der Waals surface area contributed by atoms with Crippen LogP contribution in [-0.2, 0) is 9.59 Å². The molecule has 1 aromatic rings. The number of amides is 2. The van der Waals surface area contributed by atoms with Crippen LogP contribution in [0.1, 0.15) is 27.2 Å². The number of carbonyl (C=O) groups excluding carboxylic acids is 2. The third-order valence-electron chi connectivity index (χ3n) is 4.19. The van der Waals surface area contributed by atoms with Gasteiger partial charge < -0.3 is 15.1 Å². The fourth-order valence-corrected chi connectivity index (χ4v) is 5.68. The van der Waals surface area contributed by atoms with Gasteiger partial charge in [-0.1, -0.05) is 41.8 Å². The number of quaternary nitrogens is 1. The van der Waals surface area contributed by atoms with Crippen molar-refractivity contribution in [2.75, 3.05) is 45.0 Å². The van der Waals surface area contributed by atoms with Gasteiger partial charge >= 0.3 is 0 Å². The Hall–Kier alpha value is -0.840. The first-order valence-electron chi connectivity index (χ1n) is 9.05. The molecule has 2 amide bonds. The Morgan fingerprint density at radius 3 is 2.62 bits per heavy atom. The highest BCUT2D eigenvalue weighted by Gasteiger charge is 2.27. The highest BCUT2D eigenvalue weighted by atomic mass is 32.2. The molecule has 2 rings (SSSR count). The fraction of sp³-hybridized carbons (Fsp3) is 0.750. The highest BCUT2D eigenvalue weighted by Crippen LogP contribution is 2.31. The lowest BCUT2D eigenvalue weighted by Gasteiger charge is -2.32. The maximum absolute atomic E-state index is 12.6. The minimum Gasteiger partial charge on any atom is -0.355 e. The monoisotopic (exact) mass is 418 g/mol. The Labute approximate surface area is 167 Å². The molecule has 0 aromatic carbocycles. The summed E-state index contributed by atoms with van der Waals surface area (Å²) in [6, 6.07) is 0. The van der Waals surface area contributed by atoms with E-state index in [9.17, 15) is 9.59 Å². The molecule has 0 aliphatic carbocycles. The van der Waals surface area contributed by atoms with Crippen molar-refractivity contribution >= 4 is 46.7 Å². The molecule has 1 saturated heterocycles. The predicted molar refractivity (Wildman–Crippen MR) is 107 cm³/mol. The number of hydrogen-bond donors (Lipinski definition) is 2. The van der Waals surface area contributed by atoms with Gasteiger partial charge in [0.1, 0.15) is 0 Å². The Balaban J connectivity index is 1.77. The Morgan fingerprint density at radius 1 is 1.27 bits per heavy atom. The molecule has 0 saturated carbocycles. The average Bonchev–Trinajstić information content (AvgIpc) is 3.11. The summed E-state index contributed by atoms with van der Waals surface area (Å²) >= 11 is 4.29. The van der Waals surface area contributed by atoms with E-state index in [4.69, 9.17) is 0 Å². The van der Waals surface area contributed by atoms with Crippen molar-refractivity contribution in [1.29, 1.82) is 0 Å². The Bertz CT molecular complexity index is 590. The maximum atomic E-state index is 12.6. The van der Waals surface area contributed by atoms with Gasteiger partial charge in [-0.25, -0.2) is 0 Å². The zero-order chi connectivity index (χ0) is 18.9. The van der Waals surface area contributed by atoms with Gasteiger partial charge in [-0.05, 0) is 20.3 Å². The van der Waals surface area contributed by atoms with Crippen LogP contribution in [0.3, 0.4) is 0 Å². The molecule has 1 aliphatic heterocycles. The number of nitrogens with one attached hydrogen (secondary N) is 2. The molecule has 146 valence electrons. The summed E-state index contributed by atoms with van der Waals surface area (Å²) in [5.41, 5.74) is 0. The van der Waals surface area contributed by atoms with Crippen molar-refractivity contribution in [2.24, 2.45) is 0 Å². The van der Waals surface area contributed by atoms with Gasteiger partial charge in [0.15, 0.2) is 8.68 Å². The van der Waals surface area contributed by atoms with Crippen LogP contribution in [0.15, 0.2) is 8.68 Å². The quantitative estimate of drug-likeness (QED) is 0.565. The largest absolute Gasteiger partial charge is 0.355 e. The van der Waals surface area contributed by atoms with E-state index in [1.807, 2.05) is 18.7 Å². The first-order valence-corrected chi connectivity index (χ1v) is 11.7. The van der Waals surface area contributed by atoms with Crippen LogP contribution in [-0.4, -0.2) is 77.2 Å². The predicted octanol–water partition coefficient (Wildman–Crippen LogP) is 0.384. The van der Waals surface area contributed by atoms with Crippen molar-refractivity contribution < 1.29 is 14.5 Å². The molecule has 7 nitrogen and oxygen atoms in total. The third kappa shape index (κ3) is 6.71. The number of aromatic nitrogens is 2. The van der Waals surface area contributed by atoms with Crippen LogP contribution in [0.4, 0.5) is 0 Å². The lowest BCUT2D eigenvalue weighted by Crippen LogP contribution is -3.14. The maximum Gasteiger partial charge on any atom is 0.236 e. The van der Waals surface area contributed by atoms with E-state index in [2.05, 4.69) is 22.4 Å². The number of nitrogens with zero attached hydrogens (tertiary/aromatic N) is 3. The summed E-state index contributed by atoms with van der Waals surface area (Å²) in [5, 5.41) is 10.9. The van der Waals surface area contributed by atoms with Gasteiger partial charge in [-0.3, -0.25) is 9.59 Å². The van der Waals surface area contributed by atoms with E-state index < -0.39 is 0 Å². The molecule has 1 aliphatic rings. The van der Waals surface area contributed by atoms with Gasteiger partial charge in [-0.15, -0.1) is 10.2 Å². The standard InChI is InChI=1S/C16H27N5O2S3/c1-4-6-17-13(22)11-24-15-18-19-16(26-15)25-12(3)14(23)21-9-7-20(5-2)8-10-21/h12H,4-11H2,1-3H3,(H,17,22)/p+1/t12-/m0/s1. The minimum absolute atomic E-state index is 0.0122. The SMILES string of the molecule is CCCNC(=O)CSc1nnc(S[C@@H](C)C(=O)N2CC[NH+](CC)CC2)s1. The van der Waals surface area contributed by atoms with Gasteiger partial charge in [0.05, 0.1) is 43.7 Å². The number of carbonyl (C=O) groups is 2. The highest BCUT2D eigenvalue weighted by molar-refractivity contribution is 8.04. The number of hydrogen-bond acceptors (Lipinski definition) is 7. The van der Waals surface area contributed by atoms with E-state index >= 15 is 0 Å². The van der Waals surface area contributed by atoms with Crippen LogP contribution in [0, 0.1) is 0 Å². The van der Waals surface area contributed by atoms with E-state index in [1.54, 1.807) is 4.90 Å². The van der Waals surface area contributed by atoms with Gasteiger partial charge in [-0.2, -0.15) is 0 Å². The van der Waals surface area contributed by atoms with Crippen molar-refractivity contribution in [3.05, 3.63) is 0 Å². The lowest BCUT2D eigenvalue weighted by atomic mass is 10.3. The molecule has 0 spiro atoms. The number of rotatable bonds is 9. The van der Waals surface area contributed by atoms with Gasteiger partial charge in [0, 0.05) is 6.54 Å². The molecule has 0 radical (unpaired) electrons. The topological polar surface area (TPSA) is 79.6 Å². The van der Waals surface area contributed by atoms with E-state index in [1.165, 1.54) is 34.9 Å². The number of thioether (sulfide) groups is 2. The second-order valence-electron chi connectivity index (χ2n) is 6.16. The first kappa shape index (κ1) is 21.5. The summed E-state index contributed by atoms with van der Waals surface area (Å²) in [7, 11) is 0. The fourth-order valence-electron chi connectivity index (χ4n) is 2.60. The summed E-state index contributed by atoms with van der Waals surface area (Å²) in [6.45, 7) is 11.7. The zero-order valence-electron chi connectivity index (χ0n) is 15.6. The van der Waals surface area contributed by atoms with Gasteiger partial charge in [0.2, 0.25) is 11.8 Å². The Morgan fingerprint density at radius 2 is 1.96 bits per heavy atom. The van der Waals surface area contributed by atoms with Crippen LogP contribution in [0.5, 0.6) is 0 Å². The molecule has 10 heteroatoms. The van der Waals surface area contributed by atoms with E-state index in [0.29, 0.717) is 12.3 Å². The van der Waals surface area contributed by atoms with Crippen LogP contribution in [0.25, 0.3) is 0 Å². The van der Waals surface area contributed by atoms with Crippen LogP contribution < -0.4 is 10.2 Å². The Kier molecular flexibility index (Phi) is 9.17. The minimum atomic E-state index is -0.170. The number of piperazine rings is 1. The number of likely N-dealkylation sites (N-methyl/N-ethyl adjacent to an activating group) is 1. The van der Waals surface area contributed by atoms with Crippen molar-refractivity contribution in [1.82, 2.24) is 20.4 Å². The molecular formula is C16H28N5O2S3+. The van der Waals surface area contributed by atoms with Crippen molar-refractivity contribution in [3.63, 3.8) is 0 Å². The lowest BCUT2D eigenvalue weighted by molar-refractivity contribution is -0.902. The molecule has 2 N–H and O–H groups in total. The molecule has 26 heavy (non-hydrogen) atoms. The summed E-state index contributed by atoms with van der Waals surface area (Å²) < 4.78 is 1.54. The molecule has 1 atom stereocenters. The van der Waals surface area contributed by atoms with Gasteiger partial charge in [0.25, 0.3) is 0 Å². The molecule has 0 unspecified atom stereocenters. The molecular weight excluding hydrogens is 390 g/mol. The van der Waals surface area contributed by atoms with E-state index in [-0.39, 0.29) is 17.1 Å². The molecule has 1 fully saturated rings. The second-order valence-corrected chi connectivity index (χ2v) is 9.95. The van der Waals surface area contributed by atoms with Crippen molar-refractivity contribution in [2.45, 2.75) is 41.1 Å². The van der Waals surface area contributed by atoms with Crippen LogP contribution in [0.2, 0.25) is 0 Å². The molecule has 0 bridgehead atoms. The normalized spacial score (nSPS) is 16.5. The summed E-state index contributed by atoms with van der Waals surface area (Å²) in [4.78, 5) is 27.8.